The van der Waals surface area contributed by atoms with E-state index in [1.807, 2.05) is 30.3 Å². The number of fused-ring (bicyclic) bond motifs is 1. The number of benzene rings is 2. The Bertz CT molecular complexity index is 968. The topological polar surface area (TPSA) is 149 Å². The van der Waals surface area contributed by atoms with Gasteiger partial charge in [0.25, 0.3) is 5.69 Å². The number of hydrogen-bond acceptors (Lipinski definition) is 8. The number of nitrogens with zero attached hydrogens (tertiary/aromatic N) is 4. The highest BCUT2D eigenvalue weighted by Crippen LogP contribution is 2.35. The molecule has 11 heteroatoms. The lowest BCUT2D eigenvalue weighted by Gasteiger charge is -2.46. The highest BCUT2D eigenvalue weighted by molar-refractivity contribution is 5.32. The van der Waals surface area contributed by atoms with Crippen molar-refractivity contribution in [3.05, 3.63) is 86.3 Å². The Kier molecular flexibility index (Phi) is 6.96. The Balaban J connectivity index is 1.38. The Morgan fingerprint density at radius 1 is 1.19 bits per heavy atom. The van der Waals surface area contributed by atoms with Crippen molar-refractivity contribution in [1.29, 1.82) is 0 Å². The lowest BCUT2D eigenvalue weighted by Crippen LogP contribution is -2.61. The third-order valence-corrected chi connectivity index (χ3v) is 5.41. The van der Waals surface area contributed by atoms with Gasteiger partial charge in [0.2, 0.25) is 0 Å². The van der Waals surface area contributed by atoms with Gasteiger partial charge in [-0.15, -0.1) is 0 Å². The normalized spacial score (nSPS) is 29.5. The molecule has 1 N–H and O–H groups in total. The van der Waals surface area contributed by atoms with Crippen LogP contribution in [-0.2, 0) is 25.4 Å². The van der Waals surface area contributed by atoms with Gasteiger partial charge in [0.15, 0.2) is 12.6 Å². The van der Waals surface area contributed by atoms with Gasteiger partial charge in [-0.2, -0.15) is 0 Å². The van der Waals surface area contributed by atoms with Gasteiger partial charge in [-0.1, -0.05) is 47.6 Å². The summed E-state index contributed by atoms with van der Waals surface area (Å²) >= 11 is 0. The average molecular weight is 442 g/mol. The van der Waals surface area contributed by atoms with Crippen molar-refractivity contribution in [3.63, 3.8) is 0 Å². The van der Waals surface area contributed by atoms with Crippen molar-refractivity contribution < 1.29 is 29.0 Å². The Labute approximate surface area is 183 Å². The van der Waals surface area contributed by atoms with Crippen molar-refractivity contribution in [2.24, 2.45) is 5.11 Å². The largest absolute Gasteiger partial charge is 0.390 e. The lowest BCUT2D eigenvalue weighted by molar-refractivity contribution is -0.384. The van der Waals surface area contributed by atoms with Crippen LogP contribution in [0.1, 0.15) is 17.4 Å². The second-order valence-corrected chi connectivity index (χ2v) is 7.45. The maximum absolute atomic E-state index is 10.9. The first-order chi connectivity index (χ1) is 15.6. The molecule has 2 heterocycles. The van der Waals surface area contributed by atoms with Crippen LogP contribution in [0.4, 0.5) is 5.69 Å². The molecule has 2 aromatic carbocycles. The highest BCUT2D eigenvalue weighted by atomic mass is 16.7. The van der Waals surface area contributed by atoms with Crippen LogP contribution in [0.5, 0.6) is 0 Å². The number of rotatable bonds is 7. The van der Waals surface area contributed by atoms with Gasteiger partial charge in [-0.3, -0.25) is 10.1 Å². The number of azide groups is 1. The molecular weight excluding hydrogens is 420 g/mol. The minimum atomic E-state index is -1.15. The molecular formula is C21H22N4O7. The Hall–Kier alpha value is -3.05. The summed E-state index contributed by atoms with van der Waals surface area (Å²) in [5.41, 5.74) is 10.6. The molecule has 2 aliphatic heterocycles. The second kappa shape index (κ2) is 10.0. The first-order valence-corrected chi connectivity index (χ1v) is 10.1. The van der Waals surface area contributed by atoms with E-state index in [1.165, 1.54) is 12.1 Å². The van der Waals surface area contributed by atoms with E-state index in [0.717, 1.165) is 11.1 Å². The maximum Gasteiger partial charge on any atom is 0.269 e. The van der Waals surface area contributed by atoms with Gasteiger partial charge in [0, 0.05) is 22.6 Å². The van der Waals surface area contributed by atoms with E-state index in [0.29, 0.717) is 6.42 Å². The van der Waals surface area contributed by atoms with Gasteiger partial charge in [-0.05, 0) is 17.5 Å². The minimum absolute atomic E-state index is 0.00831. The fraction of sp³-hybridized carbons (Fsp3) is 0.429. The summed E-state index contributed by atoms with van der Waals surface area (Å²) in [5, 5.41) is 25.3. The number of nitro benzene ring substituents is 1. The zero-order chi connectivity index (χ0) is 22.5. The zero-order valence-corrected chi connectivity index (χ0v) is 17.0. The molecule has 1 unspecified atom stereocenters. The van der Waals surface area contributed by atoms with E-state index in [2.05, 4.69) is 10.0 Å². The standard InChI is InChI=1S/C21H22N4O7/c22-24-23-17-18(26)19-16(12-30-20(32-19)14-4-2-1-3-5-14)31-21(17)29-11-10-13-6-8-15(9-7-13)25(27)28/h1-9,16-21,26H,10-12H2/t16-,17+,18-,19-,20?,21-/m1/s1. The number of aliphatic hydroxyl groups excluding tert-OH is 1. The molecule has 0 aromatic heterocycles. The molecule has 0 saturated carbocycles. The van der Waals surface area contributed by atoms with E-state index in [4.69, 9.17) is 24.5 Å². The minimum Gasteiger partial charge on any atom is -0.390 e. The van der Waals surface area contributed by atoms with Gasteiger partial charge < -0.3 is 24.1 Å². The molecule has 2 aromatic rings. The zero-order valence-electron chi connectivity index (χ0n) is 17.0. The fourth-order valence-corrected chi connectivity index (χ4v) is 3.75. The van der Waals surface area contributed by atoms with Crippen LogP contribution in [0, 0.1) is 10.1 Å². The predicted molar refractivity (Wildman–Crippen MR) is 110 cm³/mol. The number of nitro groups is 1. The van der Waals surface area contributed by atoms with E-state index >= 15 is 0 Å². The van der Waals surface area contributed by atoms with Crippen molar-refractivity contribution in [2.45, 2.75) is 43.4 Å². The van der Waals surface area contributed by atoms with Gasteiger partial charge in [0.05, 0.1) is 24.2 Å². The number of hydrogen-bond donors (Lipinski definition) is 1. The molecule has 11 nitrogen and oxygen atoms in total. The summed E-state index contributed by atoms with van der Waals surface area (Å²) in [6.45, 7) is 0.366. The lowest BCUT2D eigenvalue weighted by atomic mass is 9.96. The van der Waals surface area contributed by atoms with Gasteiger partial charge >= 0.3 is 0 Å². The SMILES string of the molecule is [N-]=[N+]=N[C@@H]1[C@H](OCCc2ccc([N+](=O)[O-])cc2)O[C@@H]2COC(c3ccccc3)O[C@H]2[C@@H]1O. The first kappa shape index (κ1) is 22.2. The Morgan fingerprint density at radius 2 is 1.94 bits per heavy atom. The third kappa shape index (κ3) is 4.89. The van der Waals surface area contributed by atoms with E-state index in [9.17, 15) is 15.2 Å². The molecule has 0 amide bonds. The highest BCUT2D eigenvalue weighted by Gasteiger charge is 2.49. The van der Waals surface area contributed by atoms with E-state index < -0.39 is 41.9 Å². The monoisotopic (exact) mass is 442 g/mol. The molecule has 4 rings (SSSR count). The molecule has 0 aliphatic carbocycles. The fourth-order valence-electron chi connectivity index (χ4n) is 3.75. The van der Waals surface area contributed by atoms with Crippen molar-refractivity contribution >= 4 is 5.69 Å². The van der Waals surface area contributed by atoms with Crippen LogP contribution < -0.4 is 0 Å². The van der Waals surface area contributed by atoms with Crippen LogP contribution in [-0.4, -0.2) is 53.9 Å². The summed E-state index contributed by atoms with van der Waals surface area (Å²) in [5.74, 6) is 0. The first-order valence-electron chi connectivity index (χ1n) is 10.1. The van der Waals surface area contributed by atoms with Crippen molar-refractivity contribution in [2.75, 3.05) is 13.2 Å². The Morgan fingerprint density at radius 3 is 2.62 bits per heavy atom. The van der Waals surface area contributed by atoms with E-state index in [1.54, 1.807) is 12.1 Å². The summed E-state index contributed by atoms with van der Waals surface area (Å²) in [4.78, 5) is 13.1. The quantitative estimate of drug-likeness (QED) is 0.228. The van der Waals surface area contributed by atoms with Crippen LogP contribution in [0.2, 0.25) is 0 Å². The average Bonchev–Trinajstić information content (AvgIpc) is 2.82. The van der Waals surface area contributed by atoms with E-state index in [-0.39, 0.29) is 18.9 Å². The van der Waals surface area contributed by atoms with Gasteiger partial charge in [-0.25, -0.2) is 0 Å². The van der Waals surface area contributed by atoms with Crippen LogP contribution >= 0.6 is 0 Å². The van der Waals surface area contributed by atoms with Gasteiger partial charge in [0.1, 0.15) is 18.2 Å². The summed E-state index contributed by atoms with van der Waals surface area (Å²) in [7, 11) is 0. The summed E-state index contributed by atoms with van der Waals surface area (Å²) in [6.07, 6.45) is -3.70. The number of ether oxygens (including phenoxy) is 4. The maximum atomic E-state index is 10.9. The smallest absolute Gasteiger partial charge is 0.269 e. The molecule has 0 bridgehead atoms. The van der Waals surface area contributed by atoms with Crippen LogP contribution in [0.15, 0.2) is 59.7 Å². The molecule has 168 valence electrons. The third-order valence-electron chi connectivity index (χ3n) is 5.41. The molecule has 2 fully saturated rings. The molecule has 2 saturated heterocycles. The molecule has 2 aliphatic rings. The molecule has 0 spiro atoms. The van der Waals surface area contributed by atoms with Crippen LogP contribution in [0.3, 0.4) is 0 Å². The molecule has 0 radical (unpaired) electrons. The number of aliphatic hydroxyl groups is 1. The molecule has 6 atom stereocenters. The number of non-ortho nitro benzene ring substituents is 1. The van der Waals surface area contributed by atoms with Crippen molar-refractivity contribution in [1.82, 2.24) is 0 Å². The summed E-state index contributed by atoms with van der Waals surface area (Å²) < 4.78 is 23.4. The summed E-state index contributed by atoms with van der Waals surface area (Å²) in [6, 6.07) is 14.4. The second-order valence-electron chi connectivity index (χ2n) is 7.45. The predicted octanol–water partition coefficient (Wildman–Crippen LogP) is 3.03. The molecule has 32 heavy (non-hydrogen) atoms. The van der Waals surface area contributed by atoms with Crippen molar-refractivity contribution in [3.8, 4) is 0 Å². The van der Waals surface area contributed by atoms with Crippen LogP contribution in [0.25, 0.3) is 10.4 Å².